The zero-order valence-electron chi connectivity index (χ0n) is 22.7. The first-order valence-corrected chi connectivity index (χ1v) is 13.2. The van der Waals surface area contributed by atoms with Crippen LogP contribution in [0, 0.1) is 0 Å². The van der Waals surface area contributed by atoms with Gasteiger partial charge in [-0.05, 0) is 57.2 Å². The molecule has 4 unspecified atom stereocenters. The molecule has 0 aliphatic carbocycles. The van der Waals surface area contributed by atoms with Gasteiger partial charge < -0.3 is 49.0 Å². The van der Waals surface area contributed by atoms with Gasteiger partial charge in [0.15, 0.2) is 5.96 Å². The van der Waals surface area contributed by atoms with Crippen LogP contribution in [-0.2, 0) is 25.6 Å². The molecule has 0 aliphatic heterocycles. The van der Waals surface area contributed by atoms with Crippen LogP contribution in [0.1, 0.15) is 44.6 Å². The Bertz CT molecular complexity index is 1180. The fourth-order valence-corrected chi connectivity index (χ4v) is 4.07. The monoisotopic (exact) mass is 559 g/mol. The van der Waals surface area contributed by atoms with Gasteiger partial charge in [-0.15, -0.1) is 0 Å². The van der Waals surface area contributed by atoms with Gasteiger partial charge in [0.05, 0.1) is 6.04 Å². The fourth-order valence-electron chi connectivity index (χ4n) is 4.07. The summed E-state index contributed by atoms with van der Waals surface area (Å²) < 4.78 is 0. The number of carboxylic acid groups (broad SMARTS) is 1. The number of guanidine groups is 1. The van der Waals surface area contributed by atoms with Crippen LogP contribution in [0.25, 0.3) is 10.9 Å². The highest BCUT2D eigenvalue weighted by Gasteiger charge is 2.30. The van der Waals surface area contributed by atoms with E-state index in [1.165, 1.54) is 6.92 Å². The molecule has 3 amide bonds. The van der Waals surface area contributed by atoms with Crippen molar-refractivity contribution >= 4 is 40.6 Å². The van der Waals surface area contributed by atoms with E-state index in [4.69, 9.17) is 22.9 Å². The van der Waals surface area contributed by atoms with Gasteiger partial charge in [0.2, 0.25) is 17.7 Å². The molecule has 1 aromatic heterocycles. The molecule has 4 atom stereocenters. The number of carboxylic acids is 1. The van der Waals surface area contributed by atoms with Crippen LogP contribution < -0.4 is 38.9 Å². The number of nitrogens with zero attached hydrogens (tertiary/aromatic N) is 1. The molecule has 1 aromatic carbocycles. The second-order valence-corrected chi connectivity index (χ2v) is 9.59. The van der Waals surface area contributed by atoms with Gasteiger partial charge in [0.25, 0.3) is 0 Å². The van der Waals surface area contributed by atoms with Gasteiger partial charge in [-0.3, -0.25) is 24.2 Å². The van der Waals surface area contributed by atoms with Gasteiger partial charge in [-0.25, -0.2) is 0 Å². The van der Waals surface area contributed by atoms with E-state index >= 15 is 0 Å². The number of carbonyl (C=O) groups is 4. The maximum absolute atomic E-state index is 13.4. The van der Waals surface area contributed by atoms with Gasteiger partial charge >= 0.3 is 5.97 Å². The average Bonchev–Trinajstić information content (AvgIpc) is 3.32. The molecule has 2 rings (SSSR count). The lowest BCUT2D eigenvalue weighted by Crippen LogP contribution is -2.57. The number of nitrogens with two attached hydrogens (primary N) is 4. The summed E-state index contributed by atoms with van der Waals surface area (Å²) in [6, 6.07) is 3.29. The molecule has 14 nitrogen and oxygen atoms in total. The molecule has 1 heterocycles. The quantitative estimate of drug-likeness (QED) is 0.0638. The number of H-pyrrole nitrogens is 1. The molecular weight excluding hydrogens is 518 g/mol. The maximum Gasteiger partial charge on any atom is 0.325 e. The van der Waals surface area contributed by atoms with E-state index in [2.05, 4.69) is 25.9 Å². The minimum atomic E-state index is -1.22. The average molecular weight is 560 g/mol. The number of fused-ring (bicyclic) bond motifs is 1. The first-order chi connectivity index (χ1) is 19.0. The van der Waals surface area contributed by atoms with E-state index in [0.717, 1.165) is 16.5 Å². The zero-order chi connectivity index (χ0) is 29.7. The van der Waals surface area contributed by atoms with Crippen molar-refractivity contribution < 1.29 is 24.3 Å². The van der Waals surface area contributed by atoms with Crippen molar-refractivity contribution in [2.75, 3.05) is 13.1 Å². The minimum Gasteiger partial charge on any atom is -0.480 e. The molecule has 0 aliphatic rings. The van der Waals surface area contributed by atoms with Crippen LogP contribution in [0.5, 0.6) is 0 Å². The number of aliphatic imine (C=N–C) groups is 1. The highest BCUT2D eigenvalue weighted by molar-refractivity contribution is 5.94. The van der Waals surface area contributed by atoms with E-state index < -0.39 is 47.9 Å². The van der Waals surface area contributed by atoms with Crippen LogP contribution >= 0.6 is 0 Å². The minimum absolute atomic E-state index is 0.0568. The Balaban J connectivity index is 2.19. The van der Waals surface area contributed by atoms with Gasteiger partial charge in [-0.1, -0.05) is 18.2 Å². The lowest BCUT2D eigenvalue weighted by molar-refractivity contribution is -0.141. The van der Waals surface area contributed by atoms with E-state index in [9.17, 15) is 24.3 Å². The summed E-state index contributed by atoms with van der Waals surface area (Å²) in [6.07, 6.45) is 4.01. The van der Waals surface area contributed by atoms with Crippen molar-refractivity contribution in [2.45, 2.75) is 69.6 Å². The number of para-hydroxylation sites is 1. The second-order valence-electron chi connectivity index (χ2n) is 9.59. The van der Waals surface area contributed by atoms with Crippen LogP contribution in [0.4, 0.5) is 0 Å². The number of nitrogens with one attached hydrogen (secondary N) is 4. The van der Waals surface area contributed by atoms with Crippen LogP contribution in [0.15, 0.2) is 35.5 Å². The Labute approximate surface area is 232 Å². The predicted molar refractivity (Wildman–Crippen MR) is 152 cm³/mol. The number of unbranched alkanes of at least 4 members (excludes halogenated alkanes) is 1. The van der Waals surface area contributed by atoms with Crippen LogP contribution in [0.3, 0.4) is 0 Å². The third-order valence-electron chi connectivity index (χ3n) is 6.35. The highest BCUT2D eigenvalue weighted by atomic mass is 16.4. The van der Waals surface area contributed by atoms with E-state index in [1.807, 2.05) is 24.3 Å². The molecule has 40 heavy (non-hydrogen) atoms. The number of hydrogen-bond acceptors (Lipinski definition) is 7. The van der Waals surface area contributed by atoms with Crippen LogP contribution in [0.2, 0.25) is 0 Å². The molecule has 0 spiro atoms. The molecule has 0 saturated heterocycles. The fraction of sp³-hybridized carbons (Fsp3) is 0.500. The van der Waals surface area contributed by atoms with E-state index in [0.29, 0.717) is 38.8 Å². The third kappa shape index (κ3) is 10.2. The zero-order valence-corrected chi connectivity index (χ0v) is 22.7. The second kappa shape index (κ2) is 16.1. The summed E-state index contributed by atoms with van der Waals surface area (Å²) >= 11 is 0. The topological polar surface area (TPSA) is 257 Å². The smallest absolute Gasteiger partial charge is 0.325 e. The summed E-state index contributed by atoms with van der Waals surface area (Å²) in [5.41, 5.74) is 23.8. The number of aliphatic carboxylic acids is 1. The lowest BCUT2D eigenvalue weighted by Gasteiger charge is -2.25. The predicted octanol–water partition coefficient (Wildman–Crippen LogP) is -1.22. The molecule has 2 aromatic rings. The lowest BCUT2D eigenvalue weighted by atomic mass is 10.0. The third-order valence-corrected chi connectivity index (χ3v) is 6.35. The molecule has 0 radical (unpaired) electrons. The molecule has 13 N–H and O–H groups in total. The van der Waals surface area contributed by atoms with Gasteiger partial charge in [0, 0.05) is 30.1 Å². The van der Waals surface area contributed by atoms with Crippen molar-refractivity contribution in [3.05, 3.63) is 36.0 Å². The van der Waals surface area contributed by atoms with Crippen molar-refractivity contribution in [1.82, 2.24) is 20.9 Å². The number of carbonyl (C=O) groups excluding carboxylic acids is 3. The van der Waals surface area contributed by atoms with Crippen molar-refractivity contribution in [2.24, 2.45) is 27.9 Å². The number of aromatic nitrogens is 1. The largest absolute Gasteiger partial charge is 0.480 e. The highest BCUT2D eigenvalue weighted by Crippen LogP contribution is 2.19. The summed E-state index contributed by atoms with van der Waals surface area (Å²) in [5.74, 6) is -3.07. The first-order valence-electron chi connectivity index (χ1n) is 13.2. The van der Waals surface area contributed by atoms with Gasteiger partial charge in [-0.2, -0.15) is 0 Å². The standard InChI is InChI=1S/C26H41N9O5/c1-15(25(39)40)33-24(38)21(13-16-14-32-19-9-3-2-7-17(16)19)35-23(37)20(10-4-5-11-27)34-22(36)18(28)8-6-12-31-26(29)30/h2-3,7,9,14-15,18,20-21,32H,4-6,8,10-13,27-28H2,1H3,(H,33,38)(H,34,36)(H,35,37)(H,39,40)(H4,29,30,31). The van der Waals surface area contributed by atoms with Crippen molar-refractivity contribution in [3.63, 3.8) is 0 Å². The number of aromatic amines is 1. The Kier molecular flexibility index (Phi) is 12.9. The molecule has 0 fully saturated rings. The summed E-state index contributed by atoms with van der Waals surface area (Å²) in [5, 5.41) is 17.9. The molecule has 220 valence electrons. The number of rotatable bonds is 17. The van der Waals surface area contributed by atoms with E-state index in [1.54, 1.807) is 6.20 Å². The van der Waals surface area contributed by atoms with Crippen LogP contribution in [-0.4, -0.2) is 77.0 Å². The molecule has 0 saturated carbocycles. The Morgan fingerprint density at radius 1 is 0.950 bits per heavy atom. The van der Waals surface area contributed by atoms with E-state index in [-0.39, 0.29) is 18.8 Å². The Morgan fingerprint density at radius 3 is 2.30 bits per heavy atom. The summed E-state index contributed by atoms with van der Waals surface area (Å²) in [7, 11) is 0. The van der Waals surface area contributed by atoms with Gasteiger partial charge in [0.1, 0.15) is 18.1 Å². The molecular formula is C26H41N9O5. The Hall–Kier alpha value is -4.17. The molecule has 14 heteroatoms. The van der Waals surface area contributed by atoms with Crippen molar-refractivity contribution in [1.29, 1.82) is 0 Å². The summed E-state index contributed by atoms with van der Waals surface area (Å²) in [6.45, 7) is 2.05. The SMILES string of the molecule is CC(NC(=O)C(Cc1c[nH]c2ccccc12)NC(=O)C(CCCCN)NC(=O)C(N)CCCN=C(N)N)C(=O)O. The summed E-state index contributed by atoms with van der Waals surface area (Å²) in [4.78, 5) is 57.6. The van der Waals surface area contributed by atoms with Crippen molar-refractivity contribution in [3.8, 4) is 0 Å². The molecule has 0 bridgehead atoms. The maximum atomic E-state index is 13.4. The number of hydrogen-bond donors (Lipinski definition) is 9. The first kappa shape index (κ1) is 32.0. The Morgan fingerprint density at radius 2 is 1.62 bits per heavy atom. The number of amides is 3. The normalized spacial score (nSPS) is 14.0. The number of benzene rings is 1.